The average Bonchev–Trinajstić information content (AvgIpc) is 3.58. The highest BCUT2D eigenvalue weighted by molar-refractivity contribution is 5.79. The van der Waals surface area contributed by atoms with Crippen LogP contribution >= 0.6 is 0 Å². The molecule has 2 amide bonds. The average molecular weight is 411 g/mol. The Morgan fingerprint density at radius 1 is 1.03 bits per heavy atom. The first-order valence-corrected chi connectivity index (χ1v) is 12.0. The van der Waals surface area contributed by atoms with Gasteiger partial charge in [0.2, 0.25) is 11.8 Å². The minimum Gasteiger partial charge on any atom is -0.487 e. The van der Waals surface area contributed by atoms with E-state index in [1.807, 2.05) is 18.2 Å². The van der Waals surface area contributed by atoms with Crippen molar-refractivity contribution in [2.24, 2.45) is 5.92 Å². The number of hydrogen-bond donors (Lipinski definition) is 1. The fourth-order valence-corrected chi connectivity index (χ4v) is 5.71. The van der Waals surface area contributed by atoms with Gasteiger partial charge in [-0.15, -0.1) is 0 Å². The summed E-state index contributed by atoms with van der Waals surface area (Å²) < 4.78 is 6.57. The molecule has 1 atom stereocenters. The van der Waals surface area contributed by atoms with E-state index in [-0.39, 0.29) is 23.3 Å². The first kappa shape index (κ1) is 19.9. The SMILES string of the molecule is O=C(C[C@H]1CC2(CCN(C(=O)C3CCCCC3)CC2)Oc2ccccc21)NC1CC1. The summed E-state index contributed by atoms with van der Waals surface area (Å²) in [7, 11) is 0. The van der Waals surface area contributed by atoms with Crippen molar-refractivity contribution < 1.29 is 14.3 Å². The predicted molar refractivity (Wildman–Crippen MR) is 115 cm³/mol. The van der Waals surface area contributed by atoms with Crippen molar-refractivity contribution in [3.63, 3.8) is 0 Å². The molecule has 1 saturated heterocycles. The van der Waals surface area contributed by atoms with E-state index in [9.17, 15) is 9.59 Å². The fourth-order valence-electron chi connectivity index (χ4n) is 5.71. The molecule has 0 aromatic heterocycles. The number of para-hydroxylation sites is 1. The fraction of sp³-hybridized carbons (Fsp3) is 0.680. The van der Waals surface area contributed by atoms with Crippen molar-refractivity contribution in [3.05, 3.63) is 29.8 Å². The van der Waals surface area contributed by atoms with E-state index in [4.69, 9.17) is 4.74 Å². The zero-order chi connectivity index (χ0) is 20.6. The van der Waals surface area contributed by atoms with Crippen LogP contribution in [-0.2, 0) is 9.59 Å². The number of nitrogens with zero attached hydrogens (tertiary/aromatic N) is 1. The number of benzene rings is 1. The second kappa shape index (κ2) is 8.24. The molecule has 5 heteroatoms. The van der Waals surface area contributed by atoms with Gasteiger partial charge in [-0.25, -0.2) is 0 Å². The third-order valence-electron chi connectivity index (χ3n) is 7.62. The van der Waals surface area contributed by atoms with Crippen molar-refractivity contribution in [1.29, 1.82) is 0 Å². The van der Waals surface area contributed by atoms with Crippen molar-refractivity contribution in [2.75, 3.05) is 13.1 Å². The van der Waals surface area contributed by atoms with Gasteiger partial charge in [-0.3, -0.25) is 9.59 Å². The van der Waals surface area contributed by atoms with Gasteiger partial charge in [-0.2, -0.15) is 0 Å². The molecule has 1 aromatic rings. The second-order valence-corrected chi connectivity index (χ2v) is 9.93. The van der Waals surface area contributed by atoms with Crippen LogP contribution in [0.4, 0.5) is 0 Å². The Morgan fingerprint density at radius 3 is 2.50 bits per heavy atom. The molecule has 2 aliphatic heterocycles. The quantitative estimate of drug-likeness (QED) is 0.811. The van der Waals surface area contributed by atoms with Crippen molar-refractivity contribution >= 4 is 11.8 Å². The number of likely N-dealkylation sites (tertiary alicyclic amines) is 1. The third-order valence-corrected chi connectivity index (χ3v) is 7.62. The van der Waals surface area contributed by atoms with Crippen LogP contribution in [0.1, 0.15) is 82.1 Å². The number of rotatable bonds is 4. The largest absolute Gasteiger partial charge is 0.487 e. The van der Waals surface area contributed by atoms with Gasteiger partial charge in [-0.1, -0.05) is 37.5 Å². The predicted octanol–water partition coefficient (Wildman–Crippen LogP) is 4.16. The van der Waals surface area contributed by atoms with Gasteiger partial charge >= 0.3 is 0 Å². The monoisotopic (exact) mass is 410 g/mol. The molecule has 2 aliphatic carbocycles. The zero-order valence-electron chi connectivity index (χ0n) is 17.9. The molecule has 5 rings (SSSR count). The minimum absolute atomic E-state index is 0.166. The maximum absolute atomic E-state index is 13.0. The number of carbonyl (C=O) groups excluding carboxylic acids is 2. The Hall–Kier alpha value is -2.04. The van der Waals surface area contributed by atoms with Crippen LogP contribution in [0.3, 0.4) is 0 Å². The van der Waals surface area contributed by atoms with E-state index in [1.54, 1.807) is 0 Å². The van der Waals surface area contributed by atoms with E-state index in [2.05, 4.69) is 16.3 Å². The van der Waals surface area contributed by atoms with Crippen LogP contribution < -0.4 is 10.1 Å². The van der Waals surface area contributed by atoms with Crippen LogP contribution in [0, 0.1) is 5.92 Å². The molecule has 0 unspecified atom stereocenters. The Labute approximate surface area is 179 Å². The van der Waals surface area contributed by atoms with Gasteiger partial charge in [-0.05, 0) is 43.7 Å². The van der Waals surface area contributed by atoms with Gasteiger partial charge in [0.15, 0.2) is 0 Å². The summed E-state index contributed by atoms with van der Waals surface area (Å²) in [5, 5.41) is 3.15. The van der Waals surface area contributed by atoms with Gasteiger partial charge in [0, 0.05) is 50.2 Å². The van der Waals surface area contributed by atoms with E-state index >= 15 is 0 Å². The van der Waals surface area contributed by atoms with E-state index in [1.165, 1.54) is 19.3 Å². The van der Waals surface area contributed by atoms with Gasteiger partial charge < -0.3 is 15.0 Å². The van der Waals surface area contributed by atoms with Crippen molar-refractivity contribution in [1.82, 2.24) is 10.2 Å². The number of hydrogen-bond acceptors (Lipinski definition) is 3. The second-order valence-electron chi connectivity index (χ2n) is 9.93. The first-order chi connectivity index (χ1) is 14.6. The summed E-state index contributed by atoms with van der Waals surface area (Å²) in [6.07, 6.45) is 11.1. The highest BCUT2D eigenvalue weighted by atomic mass is 16.5. The molecule has 5 nitrogen and oxygen atoms in total. The molecule has 162 valence electrons. The van der Waals surface area contributed by atoms with Crippen molar-refractivity contribution in [3.8, 4) is 5.75 Å². The number of nitrogens with one attached hydrogen (secondary N) is 1. The molecule has 4 aliphatic rings. The number of fused-ring (bicyclic) bond motifs is 1. The molecular weight excluding hydrogens is 376 g/mol. The highest BCUT2D eigenvalue weighted by Crippen LogP contribution is 2.46. The molecule has 2 heterocycles. The summed E-state index contributed by atoms with van der Waals surface area (Å²) in [6.45, 7) is 1.55. The molecule has 0 bridgehead atoms. The molecule has 1 spiro atoms. The lowest BCUT2D eigenvalue weighted by Crippen LogP contribution is -2.53. The standard InChI is InChI=1S/C25H34N2O3/c28-23(26-20-10-11-20)16-19-17-25(30-22-9-5-4-8-21(19)22)12-14-27(15-13-25)24(29)18-6-2-1-3-7-18/h4-5,8-9,18-20H,1-3,6-7,10-17H2,(H,26,28)/t19-/m0/s1. The Balaban J connectivity index is 1.26. The first-order valence-electron chi connectivity index (χ1n) is 12.0. The molecule has 1 aromatic carbocycles. The number of carbonyl (C=O) groups is 2. The number of ether oxygens (including phenoxy) is 1. The lowest BCUT2D eigenvalue weighted by molar-refractivity contribution is -0.140. The van der Waals surface area contributed by atoms with Crippen LogP contribution in [0.2, 0.25) is 0 Å². The molecule has 1 N–H and O–H groups in total. The molecule has 3 fully saturated rings. The summed E-state index contributed by atoms with van der Waals surface area (Å²) >= 11 is 0. The normalized spacial score (nSPS) is 26.0. The molecular formula is C25H34N2O3. The Morgan fingerprint density at radius 2 is 1.77 bits per heavy atom. The molecule has 2 saturated carbocycles. The number of amides is 2. The van der Waals surface area contributed by atoms with Crippen LogP contribution in [-0.4, -0.2) is 41.4 Å². The Bertz CT molecular complexity index is 789. The molecule has 30 heavy (non-hydrogen) atoms. The number of piperidine rings is 1. The van der Waals surface area contributed by atoms with Gasteiger partial charge in [0.05, 0.1) is 0 Å². The van der Waals surface area contributed by atoms with Gasteiger partial charge in [0.25, 0.3) is 0 Å². The lowest BCUT2D eigenvalue weighted by atomic mass is 9.76. The van der Waals surface area contributed by atoms with Gasteiger partial charge in [0.1, 0.15) is 11.4 Å². The summed E-state index contributed by atoms with van der Waals surface area (Å²) in [5.41, 5.74) is 0.914. The summed E-state index contributed by atoms with van der Waals surface area (Å²) in [6, 6.07) is 8.61. The van der Waals surface area contributed by atoms with Crippen molar-refractivity contribution in [2.45, 2.75) is 88.2 Å². The summed E-state index contributed by atoms with van der Waals surface area (Å²) in [5.74, 6) is 1.88. The smallest absolute Gasteiger partial charge is 0.225 e. The van der Waals surface area contributed by atoms with E-state index < -0.39 is 0 Å². The zero-order valence-corrected chi connectivity index (χ0v) is 17.9. The topological polar surface area (TPSA) is 58.6 Å². The molecule has 0 radical (unpaired) electrons. The van der Waals surface area contributed by atoms with Crippen LogP contribution in [0.15, 0.2) is 24.3 Å². The van der Waals surface area contributed by atoms with Crippen LogP contribution in [0.5, 0.6) is 5.75 Å². The van der Waals surface area contributed by atoms with Crippen LogP contribution in [0.25, 0.3) is 0 Å². The maximum atomic E-state index is 13.0. The third kappa shape index (κ3) is 4.21. The lowest BCUT2D eigenvalue weighted by Gasteiger charge is -2.47. The highest BCUT2D eigenvalue weighted by Gasteiger charge is 2.45. The Kier molecular flexibility index (Phi) is 5.46. The van der Waals surface area contributed by atoms with E-state index in [0.29, 0.717) is 18.4 Å². The minimum atomic E-state index is -0.248. The van der Waals surface area contributed by atoms with E-state index in [0.717, 1.165) is 69.3 Å². The maximum Gasteiger partial charge on any atom is 0.225 e. The summed E-state index contributed by atoms with van der Waals surface area (Å²) in [4.78, 5) is 27.6.